The zero-order valence-corrected chi connectivity index (χ0v) is 16.0. The number of anilines is 1. The van der Waals surface area contributed by atoms with E-state index in [-0.39, 0.29) is 11.9 Å². The van der Waals surface area contributed by atoms with Crippen LogP contribution in [0.5, 0.6) is 0 Å². The van der Waals surface area contributed by atoms with E-state index in [1.807, 2.05) is 6.26 Å². The fourth-order valence-electron chi connectivity index (χ4n) is 2.69. The van der Waals surface area contributed by atoms with Crippen molar-refractivity contribution in [2.24, 2.45) is 7.05 Å². The van der Waals surface area contributed by atoms with Gasteiger partial charge in [0.1, 0.15) is 11.5 Å². The Balaban J connectivity index is 1.59. The Hall–Kier alpha value is -1.61. The van der Waals surface area contributed by atoms with Gasteiger partial charge in [-0.05, 0) is 41.1 Å². The molecular formula is C15H19BrN6OS. The van der Waals surface area contributed by atoms with Gasteiger partial charge in [0.05, 0.1) is 4.47 Å². The fraction of sp³-hybridized carbons (Fsp3) is 0.467. The summed E-state index contributed by atoms with van der Waals surface area (Å²) in [5.41, 5.74) is 0.461. The third kappa shape index (κ3) is 3.89. The van der Waals surface area contributed by atoms with Gasteiger partial charge < -0.3 is 10.2 Å². The number of carbonyl (C=O) groups excluding carboxylic acids is 1. The highest BCUT2D eigenvalue weighted by Crippen LogP contribution is 2.27. The smallest absolute Gasteiger partial charge is 0.271 e. The molecule has 1 aliphatic heterocycles. The molecule has 2 aromatic rings. The lowest BCUT2D eigenvalue weighted by molar-refractivity contribution is 0.0925. The molecule has 1 aliphatic rings. The van der Waals surface area contributed by atoms with Crippen LogP contribution in [0.1, 0.15) is 23.3 Å². The van der Waals surface area contributed by atoms with Gasteiger partial charge in [0.25, 0.3) is 5.91 Å². The number of halogens is 1. The van der Waals surface area contributed by atoms with Crippen molar-refractivity contribution in [3.8, 4) is 0 Å². The molecule has 1 saturated heterocycles. The highest BCUT2D eigenvalue weighted by molar-refractivity contribution is 9.10. The van der Waals surface area contributed by atoms with E-state index >= 15 is 0 Å². The quantitative estimate of drug-likeness (QED) is 0.614. The van der Waals surface area contributed by atoms with Gasteiger partial charge in [-0.2, -0.15) is 5.10 Å². The topological polar surface area (TPSA) is 75.9 Å². The number of amides is 1. The number of carbonyl (C=O) groups is 1. The number of rotatable bonds is 4. The predicted molar refractivity (Wildman–Crippen MR) is 97.4 cm³/mol. The van der Waals surface area contributed by atoms with Gasteiger partial charge in [-0.15, -0.1) is 0 Å². The molecule has 9 heteroatoms. The molecule has 7 nitrogen and oxygen atoms in total. The maximum absolute atomic E-state index is 12.2. The summed E-state index contributed by atoms with van der Waals surface area (Å²) in [6.07, 6.45) is 7.29. The SMILES string of the molecule is CSc1ncc(Br)c(N2CCC(NC(=O)c3ccn(C)n3)CC2)n1. The molecule has 3 rings (SSSR count). The van der Waals surface area contributed by atoms with Gasteiger partial charge in [0, 0.05) is 38.6 Å². The second kappa shape index (κ2) is 7.52. The van der Waals surface area contributed by atoms with E-state index in [2.05, 4.69) is 41.2 Å². The van der Waals surface area contributed by atoms with Crippen LogP contribution in [0.15, 0.2) is 28.1 Å². The van der Waals surface area contributed by atoms with Crippen LogP contribution in [0.3, 0.4) is 0 Å². The Bertz CT molecular complexity index is 729. The molecule has 128 valence electrons. The van der Waals surface area contributed by atoms with E-state index in [1.54, 1.807) is 30.2 Å². The molecule has 0 spiro atoms. The van der Waals surface area contributed by atoms with Crippen molar-refractivity contribution < 1.29 is 4.79 Å². The van der Waals surface area contributed by atoms with Crippen LogP contribution < -0.4 is 10.2 Å². The average Bonchev–Trinajstić information content (AvgIpc) is 3.03. The first-order valence-electron chi connectivity index (χ1n) is 7.69. The van der Waals surface area contributed by atoms with Crippen LogP contribution >= 0.6 is 27.7 Å². The molecule has 1 amide bonds. The zero-order chi connectivity index (χ0) is 17.1. The number of hydrogen-bond acceptors (Lipinski definition) is 6. The lowest BCUT2D eigenvalue weighted by Gasteiger charge is -2.33. The second-order valence-corrected chi connectivity index (χ2v) is 7.27. The van der Waals surface area contributed by atoms with E-state index in [0.29, 0.717) is 5.69 Å². The minimum absolute atomic E-state index is 0.109. The standard InChI is InChI=1S/C15H19BrN6OS/c1-21-6-5-12(20-21)14(23)18-10-3-7-22(8-4-10)13-11(16)9-17-15(19-13)24-2/h5-6,9-10H,3-4,7-8H2,1-2H3,(H,18,23). The lowest BCUT2D eigenvalue weighted by atomic mass is 10.0. The largest absolute Gasteiger partial charge is 0.355 e. The van der Waals surface area contributed by atoms with Gasteiger partial charge in [0.2, 0.25) is 0 Å². The monoisotopic (exact) mass is 410 g/mol. The molecule has 1 N–H and O–H groups in total. The van der Waals surface area contributed by atoms with Crippen molar-refractivity contribution >= 4 is 39.4 Å². The molecule has 0 aromatic carbocycles. The summed E-state index contributed by atoms with van der Waals surface area (Å²) in [6, 6.07) is 1.89. The summed E-state index contributed by atoms with van der Waals surface area (Å²) >= 11 is 5.06. The Morgan fingerprint density at radius 3 is 2.79 bits per heavy atom. The van der Waals surface area contributed by atoms with Crippen molar-refractivity contribution in [2.45, 2.75) is 24.0 Å². The van der Waals surface area contributed by atoms with Crippen LogP contribution in [0.25, 0.3) is 0 Å². The average molecular weight is 411 g/mol. The Morgan fingerprint density at radius 2 is 2.17 bits per heavy atom. The molecule has 0 unspecified atom stereocenters. The highest BCUT2D eigenvalue weighted by Gasteiger charge is 2.24. The lowest BCUT2D eigenvalue weighted by Crippen LogP contribution is -2.45. The van der Waals surface area contributed by atoms with Gasteiger partial charge in [-0.25, -0.2) is 9.97 Å². The van der Waals surface area contributed by atoms with Crippen molar-refractivity contribution in [1.29, 1.82) is 0 Å². The van der Waals surface area contributed by atoms with Crippen LogP contribution in [0.4, 0.5) is 5.82 Å². The molecule has 0 bridgehead atoms. The molecule has 2 aromatic heterocycles. The molecule has 24 heavy (non-hydrogen) atoms. The molecule has 0 aliphatic carbocycles. The summed E-state index contributed by atoms with van der Waals surface area (Å²) in [7, 11) is 1.80. The van der Waals surface area contributed by atoms with Crippen LogP contribution in [-0.4, -0.2) is 51.0 Å². The van der Waals surface area contributed by atoms with E-state index < -0.39 is 0 Å². The summed E-state index contributed by atoms with van der Waals surface area (Å²) in [4.78, 5) is 23.3. The summed E-state index contributed by atoms with van der Waals surface area (Å²) in [6.45, 7) is 1.69. The number of nitrogens with zero attached hydrogens (tertiary/aromatic N) is 5. The Morgan fingerprint density at radius 1 is 1.42 bits per heavy atom. The van der Waals surface area contributed by atoms with Gasteiger partial charge in [0.15, 0.2) is 5.16 Å². The van der Waals surface area contributed by atoms with Crippen molar-refractivity contribution in [3.63, 3.8) is 0 Å². The van der Waals surface area contributed by atoms with Crippen LogP contribution in [0, 0.1) is 0 Å². The van der Waals surface area contributed by atoms with Crippen LogP contribution in [0.2, 0.25) is 0 Å². The Labute approximate surface area is 153 Å². The maximum atomic E-state index is 12.2. The summed E-state index contributed by atoms with van der Waals surface area (Å²) in [5, 5.41) is 7.97. The Kier molecular flexibility index (Phi) is 5.40. The molecule has 0 radical (unpaired) electrons. The van der Waals surface area contributed by atoms with E-state index in [4.69, 9.17) is 0 Å². The molecule has 0 saturated carbocycles. The first-order valence-corrected chi connectivity index (χ1v) is 9.70. The first kappa shape index (κ1) is 17.2. The molecule has 1 fully saturated rings. The zero-order valence-electron chi connectivity index (χ0n) is 13.6. The maximum Gasteiger partial charge on any atom is 0.271 e. The van der Waals surface area contributed by atoms with E-state index in [0.717, 1.165) is 41.4 Å². The second-order valence-electron chi connectivity index (χ2n) is 5.64. The normalized spacial score (nSPS) is 15.5. The first-order chi connectivity index (χ1) is 11.6. The third-order valence-electron chi connectivity index (χ3n) is 3.96. The number of nitrogens with one attached hydrogen (secondary N) is 1. The molecule has 0 atom stereocenters. The van der Waals surface area contributed by atoms with Crippen molar-refractivity contribution in [2.75, 3.05) is 24.2 Å². The number of aryl methyl sites for hydroxylation is 1. The van der Waals surface area contributed by atoms with Crippen LogP contribution in [-0.2, 0) is 7.05 Å². The van der Waals surface area contributed by atoms with Crippen molar-refractivity contribution in [1.82, 2.24) is 25.1 Å². The minimum Gasteiger partial charge on any atom is -0.355 e. The van der Waals surface area contributed by atoms with Gasteiger partial charge in [-0.3, -0.25) is 9.48 Å². The fourth-order valence-corrected chi connectivity index (χ4v) is 3.47. The number of piperidine rings is 1. The summed E-state index contributed by atoms with van der Waals surface area (Å²) < 4.78 is 2.53. The third-order valence-corrected chi connectivity index (χ3v) is 5.08. The van der Waals surface area contributed by atoms with E-state index in [1.165, 1.54) is 11.8 Å². The van der Waals surface area contributed by atoms with Crippen molar-refractivity contribution in [3.05, 3.63) is 28.6 Å². The minimum atomic E-state index is -0.109. The van der Waals surface area contributed by atoms with Gasteiger partial charge >= 0.3 is 0 Å². The summed E-state index contributed by atoms with van der Waals surface area (Å²) in [5.74, 6) is 0.811. The molecular weight excluding hydrogens is 392 g/mol. The van der Waals surface area contributed by atoms with Gasteiger partial charge in [-0.1, -0.05) is 11.8 Å². The molecule has 3 heterocycles. The van der Waals surface area contributed by atoms with E-state index in [9.17, 15) is 4.79 Å². The number of thioether (sulfide) groups is 1. The highest BCUT2D eigenvalue weighted by atomic mass is 79.9. The number of hydrogen-bond donors (Lipinski definition) is 1. The number of aromatic nitrogens is 4. The predicted octanol–water partition coefficient (Wildman–Crippen LogP) is 2.09.